The number of carboxylic acids is 1. The first-order valence-electron chi connectivity index (χ1n) is 6.83. The van der Waals surface area contributed by atoms with Crippen LogP contribution < -0.4 is 0 Å². The molecular weight excluding hydrogens is 280 g/mol. The highest BCUT2D eigenvalue weighted by Crippen LogP contribution is 2.37. The maximum atomic E-state index is 11.0. The van der Waals surface area contributed by atoms with Gasteiger partial charge in [0.1, 0.15) is 12.7 Å². The number of carbonyl (C=O) groups is 3. The largest absolute Gasteiger partial charge is 0.479 e. The second-order valence-electron chi connectivity index (χ2n) is 4.84. The lowest BCUT2D eigenvalue weighted by Crippen LogP contribution is -2.34. The number of rotatable bonds is 8. The SMILES string of the molecule is CCC(=O)OCC=C[C@@H]1[C@@H](OC=O)CC[C@H]1C(O)C(=O)O. The minimum Gasteiger partial charge on any atom is -0.479 e. The summed E-state index contributed by atoms with van der Waals surface area (Å²) in [5, 5.41) is 18.6. The molecule has 0 saturated heterocycles. The van der Waals surface area contributed by atoms with Crippen LogP contribution in [-0.2, 0) is 23.9 Å². The van der Waals surface area contributed by atoms with Gasteiger partial charge in [0.25, 0.3) is 6.47 Å². The summed E-state index contributed by atoms with van der Waals surface area (Å²) in [7, 11) is 0. The number of carboxylic acid groups (broad SMARTS) is 1. The van der Waals surface area contributed by atoms with E-state index in [1.807, 2.05) is 0 Å². The fourth-order valence-corrected chi connectivity index (χ4v) is 2.52. The van der Waals surface area contributed by atoms with Crippen molar-refractivity contribution in [1.29, 1.82) is 0 Å². The number of hydrogen-bond acceptors (Lipinski definition) is 6. The summed E-state index contributed by atoms with van der Waals surface area (Å²) in [4.78, 5) is 32.4. The highest BCUT2D eigenvalue weighted by molar-refractivity contribution is 5.72. The topological polar surface area (TPSA) is 110 Å². The first kappa shape index (κ1) is 17.2. The Kier molecular flexibility index (Phi) is 6.87. The average molecular weight is 300 g/mol. The summed E-state index contributed by atoms with van der Waals surface area (Å²) in [5.74, 6) is -2.59. The lowest BCUT2D eigenvalue weighted by atomic mass is 9.89. The molecule has 21 heavy (non-hydrogen) atoms. The molecule has 0 heterocycles. The van der Waals surface area contributed by atoms with E-state index in [9.17, 15) is 19.5 Å². The van der Waals surface area contributed by atoms with Crippen molar-refractivity contribution in [1.82, 2.24) is 0 Å². The Morgan fingerprint density at radius 2 is 2.10 bits per heavy atom. The molecule has 0 aromatic heterocycles. The van der Waals surface area contributed by atoms with Gasteiger partial charge in [-0.1, -0.05) is 19.1 Å². The van der Waals surface area contributed by atoms with E-state index in [0.717, 1.165) is 0 Å². The molecule has 118 valence electrons. The van der Waals surface area contributed by atoms with E-state index in [1.165, 1.54) is 0 Å². The van der Waals surface area contributed by atoms with Gasteiger partial charge in [-0.2, -0.15) is 0 Å². The fraction of sp³-hybridized carbons (Fsp3) is 0.643. The van der Waals surface area contributed by atoms with Gasteiger partial charge in [0.15, 0.2) is 6.10 Å². The number of aliphatic hydroxyl groups is 1. The summed E-state index contributed by atoms with van der Waals surface area (Å²) in [6.45, 7) is 2.06. The minimum absolute atomic E-state index is 0.0624. The minimum atomic E-state index is -1.52. The van der Waals surface area contributed by atoms with Crippen LogP contribution in [0.5, 0.6) is 0 Å². The van der Waals surface area contributed by atoms with E-state index in [1.54, 1.807) is 19.1 Å². The Bertz CT molecular complexity index is 404. The lowest BCUT2D eigenvalue weighted by molar-refractivity contribution is -0.150. The predicted molar refractivity (Wildman–Crippen MR) is 71.2 cm³/mol. The smallest absolute Gasteiger partial charge is 0.332 e. The molecule has 1 saturated carbocycles. The second-order valence-corrected chi connectivity index (χ2v) is 4.84. The van der Waals surface area contributed by atoms with Gasteiger partial charge >= 0.3 is 11.9 Å². The van der Waals surface area contributed by atoms with Crippen LogP contribution in [0.4, 0.5) is 0 Å². The second kappa shape index (κ2) is 8.41. The van der Waals surface area contributed by atoms with Gasteiger partial charge in [-0.15, -0.1) is 0 Å². The van der Waals surface area contributed by atoms with Crippen molar-refractivity contribution in [2.75, 3.05) is 6.61 Å². The monoisotopic (exact) mass is 300 g/mol. The van der Waals surface area contributed by atoms with Crippen LogP contribution >= 0.6 is 0 Å². The molecule has 7 heteroatoms. The first-order chi connectivity index (χ1) is 10.0. The molecule has 0 spiro atoms. The zero-order valence-corrected chi connectivity index (χ0v) is 11.8. The molecule has 1 rings (SSSR count). The van der Waals surface area contributed by atoms with Crippen molar-refractivity contribution in [2.45, 2.75) is 38.4 Å². The van der Waals surface area contributed by atoms with Gasteiger partial charge in [-0.25, -0.2) is 4.79 Å². The number of carbonyl (C=O) groups excluding carboxylic acids is 2. The zero-order valence-electron chi connectivity index (χ0n) is 11.8. The van der Waals surface area contributed by atoms with Crippen molar-refractivity contribution in [3.05, 3.63) is 12.2 Å². The van der Waals surface area contributed by atoms with E-state index in [0.29, 0.717) is 19.3 Å². The molecule has 0 radical (unpaired) electrons. The van der Waals surface area contributed by atoms with Crippen molar-refractivity contribution in [3.8, 4) is 0 Å². The molecular formula is C14H20O7. The van der Waals surface area contributed by atoms with Gasteiger partial charge in [-0.3, -0.25) is 9.59 Å². The summed E-state index contributed by atoms with van der Waals surface area (Å²) in [5.41, 5.74) is 0. The van der Waals surface area contributed by atoms with Gasteiger partial charge in [0, 0.05) is 18.3 Å². The Labute approximate surface area is 122 Å². The van der Waals surface area contributed by atoms with Gasteiger partial charge in [0.05, 0.1) is 0 Å². The maximum Gasteiger partial charge on any atom is 0.332 e. The standard InChI is InChI=1S/C14H20O7/c1-2-12(16)20-7-3-4-9-10(13(17)14(18)19)5-6-11(9)21-8-15/h3-4,8-11,13,17H,2,5-7H2,1H3,(H,18,19)/t9-,10+,11-,13?/m0/s1. The first-order valence-corrected chi connectivity index (χ1v) is 6.83. The summed E-state index contributed by atoms with van der Waals surface area (Å²) < 4.78 is 9.81. The highest BCUT2D eigenvalue weighted by Gasteiger charge is 2.42. The van der Waals surface area contributed by atoms with E-state index >= 15 is 0 Å². The van der Waals surface area contributed by atoms with E-state index in [4.69, 9.17) is 14.6 Å². The van der Waals surface area contributed by atoms with Crippen LogP contribution in [0.15, 0.2) is 12.2 Å². The van der Waals surface area contributed by atoms with E-state index in [2.05, 4.69) is 0 Å². The summed E-state index contributed by atoms with van der Waals surface area (Å²) in [6, 6.07) is 0. The number of aliphatic hydroxyl groups excluding tert-OH is 1. The van der Waals surface area contributed by atoms with E-state index in [-0.39, 0.29) is 19.0 Å². The molecule has 1 fully saturated rings. The number of ether oxygens (including phenoxy) is 2. The van der Waals surface area contributed by atoms with Crippen LogP contribution in [-0.4, -0.2) is 47.4 Å². The lowest BCUT2D eigenvalue weighted by Gasteiger charge is -2.22. The molecule has 7 nitrogen and oxygen atoms in total. The van der Waals surface area contributed by atoms with Crippen LogP contribution in [0.1, 0.15) is 26.2 Å². The molecule has 0 bridgehead atoms. The van der Waals surface area contributed by atoms with Crippen molar-refractivity contribution in [3.63, 3.8) is 0 Å². The normalized spacial score (nSPS) is 26.5. The van der Waals surface area contributed by atoms with E-state index < -0.39 is 30.0 Å². The Hall–Kier alpha value is -1.89. The van der Waals surface area contributed by atoms with Crippen LogP contribution in [0.25, 0.3) is 0 Å². The zero-order chi connectivity index (χ0) is 15.8. The molecule has 0 aromatic carbocycles. The summed E-state index contributed by atoms with van der Waals surface area (Å²) >= 11 is 0. The Morgan fingerprint density at radius 3 is 2.67 bits per heavy atom. The van der Waals surface area contributed by atoms with Crippen LogP contribution in [0.2, 0.25) is 0 Å². The van der Waals surface area contributed by atoms with Gasteiger partial charge in [0.2, 0.25) is 0 Å². The van der Waals surface area contributed by atoms with Crippen molar-refractivity contribution >= 4 is 18.4 Å². The third-order valence-electron chi connectivity index (χ3n) is 3.58. The fourth-order valence-electron chi connectivity index (χ4n) is 2.52. The quantitative estimate of drug-likeness (QED) is 0.382. The summed E-state index contributed by atoms with van der Waals surface area (Å²) in [6.07, 6.45) is 2.42. The molecule has 1 aliphatic rings. The third-order valence-corrected chi connectivity index (χ3v) is 3.58. The molecule has 0 amide bonds. The molecule has 4 atom stereocenters. The van der Waals surface area contributed by atoms with Crippen molar-refractivity contribution < 1.29 is 34.1 Å². The molecule has 1 unspecified atom stereocenters. The van der Waals surface area contributed by atoms with Crippen LogP contribution in [0.3, 0.4) is 0 Å². The number of esters is 1. The van der Waals surface area contributed by atoms with Crippen LogP contribution in [0, 0.1) is 11.8 Å². The highest BCUT2D eigenvalue weighted by atomic mass is 16.5. The molecule has 2 N–H and O–H groups in total. The maximum absolute atomic E-state index is 11.0. The van der Waals surface area contributed by atoms with Crippen molar-refractivity contribution in [2.24, 2.45) is 11.8 Å². The average Bonchev–Trinajstić information content (AvgIpc) is 2.85. The molecule has 0 aromatic rings. The Balaban J connectivity index is 2.68. The number of hydrogen-bond donors (Lipinski definition) is 2. The number of aliphatic carboxylic acids is 1. The predicted octanol–water partition coefficient (Wildman–Crippen LogP) is 0.509. The van der Waals surface area contributed by atoms with Gasteiger partial charge in [-0.05, 0) is 12.8 Å². The molecule has 0 aliphatic heterocycles. The van der Waals surface area contributed by atoms with Gasteiger partial charge < -0.3 is 19.7 Å². The Morgan fingerprint density at radius 1 is 1.38 bits per heavy atom. The third kappa shape index (κ3) is 4.86. The molecule has 1 aliphatic carbocycles.